The Kier molecular flexibility index (Phi) is 2.94. The normalized spacial score (nSPS) is 24.5. The molecule has 2 N–H and O–H groups in total. The zero-order valence-electron chi connectivity index (χ0n) is 10.5. The highest BCUT2D eigenvalue weighted by Gasteiger charge is 2.32. The van der Waals surface area contributed by atoms with E-state index in [2.05, 4.69) is 49.9 Å². The van der Waals surface area contributed by atoms with Crippen LogP contribution in [0.15, 0.2) is 24.3 Å². The summed E-state index contributed by atoms with van der Waals surface area (Å²) >= 11 is 0. The molecule has 1 aromatic rings. The van der Waals surface area contributed by atoms with Gasteiger partial charge in [0.15, 0.2) is 0 Å². The third-order valence-corrected chi connectivity index (χ3v) is 3.59. The summed E-state index contributed by atoms with van der Waals surface area (Å²) in [4.78, 5) is 2.45. The van der Waals surface area contributed by atoms with Gasteiger partial charge in [-0.15, -0.1) is 0 Å². The minimum atomic E-state index is 0.226. The molecule has 0 amide bonds. The molecule has 1 saturated heterocycles. The van der Waals surface area contributed by atoms with Crippen LogP contribution in [0.3, 0.4) is 0 Å². The van der Waals surface area contributed by atoms with Gasteiger partial charge in [-0.05, 0) is 51.3 Å². The fourth-order valence-corrected chi connectivity index (χ4v) is 2.50. The number of aryl methyl sites for hydroxylation is 1. The zero-order valence-corrected chi connectivity index (χ0v) is 10.5. The van der Waals surface area contributed by atoms with Crippen molar-refractivity contribution in [2.24, 2.45) is 5.73 Å². The van der Waals surface area contributed by atoms with Crippen LogP contribution in [0.5, 0.6) is 0 Å². The van der Waals surface area contributed by atoms with E-state index in [4.69, 9.17) is 5.73 Å². The lowest BCUT2D eigenvalue weighted by Crippen LogP contribution is -2.54. The number of anilines is 1. The summed E-state index contributed by atoms with van der Waals surface area (Å²) in [6.07, 6.45) is 2.30. The van der Waals surface area contributed by atoms with Crippen LogP contribution >= 0.6 is 0 Å². The van der Waals surface area contributed by atoms with Crippen LogP contribution < -0.4 is 10.6 Å². The fourth-order valence-electron chi connectivity index (χ4n) is 2.50. The summed E-state index contributed by atoms with van der Waals surface area (Å²) < 4.78 is 0. The number of rotatable bonds is 1. The van der Waals surface area contributed by atoms with E-state index in [0.29, 0.717) is 6.04 Å². The van der Waals surface area contributed by atoms with Crippen LogP contribution in [0, 0.1) is 6.92 Å². The largest absolute Gasteiger partial charge is 0.365 e. The Hall–Kier alpha value is -1.02. The van der Waals surface area contributed by atoms with Crippen molar-refractivity contribution in [2.45, 2.75) is 45.2 Å². The topological polar surface area (TPSA) is 29.3 Å². The van der Waals surface area contributed by atoms with Gasteiger partial charge < -0.3 is 10.6 Å². The first-order chi connectivity index (χ1) is 7.49. The standard InChI is InChI=1S/C14H22N2/c1-11-5-4-6-13(9-11)16-10-12(15)7-8-14(16,2)3/h4-6,9,12H,7-8,10,15H2,1-3H3. The van der Waals surface area contributed by atoms with Crippen LogP contribution in [0.2, 0.25) is 0 Å². The lowest BCUT2D eigenvalue weighted by Gasteiger charge is -2.46. The molecule has 0 saturated carbocycles. The molecule has 1 heterocycles. The minimum absolute atomic E-state index is 0.226. The van der Waals surface area contributed by atoms with E-state index in [-0.39, 0.29) is 5.54 Å². The molecule has 88 valence electrons. The van der Waals surface area contributed by atoms with E-state index in [9.17, 15) is 0 Å². The van der Waals surface area contributed by atoms with Gasteiger partial charge >= 0.3 is 0 Å². The van der Waals surface area contributed by atoms with Crippen molar-refractivity contribution in [1.29, 1.82) is 0 Å². The van der Waals surface area contributed by atoms with Crippen molar-refractivity contribution in [3.05, 3.63) is 29.8 Å². The summed E-state index contributed by atoms with van der Waals surface area (Å²) in [6.45, 7) is 7.72. The summed E-state index contributed by atoms with van der Waals surface area (Å²) in [5, 5.41) is 0. The van der Waals surface area contributed by atoms with Crippen molar-refractivity contribution < 1.29 is 0 Å². The molecule has 0 radical (unpaired) electrons. The van der Waals surface area contributed by atoms with Crippen LogP contribution in [-0.4, -0.2) is 18.1 Å². The smallest absolute Gasteiger partial charge is 0.0373 e. The summed E-state index contributed by atoms with van der Waals surface area (Å²) in [6, 6.07) is 9.02. The molecular formula is C14H22N2. The first kappa shape index (κ1) is 11.5. The van der Waals surface area contributed by atoms with Gasteiger partial charge in [-0.2, -0.15) is 0 Å². The van der Waals surface area contributed by atoms with Gasteiger partial charge in [0.05, 0.1) is 0 Å². The molecule has 1 unspecified atom stereocenters. The van der Waals surface area contributed by atoms with Gasteiger partial charge in [0.2, 0.25) is 0 Å². The van der Waals surface area contributed by atoms with Gasteiger partial charge in [0, 0.05) is 23.8 Å². The molecule has 1 aliphatic heterocycles. The van der Waals surface area contributed by atoms with Crippen molar-refractivity contribution in [1.82, 2.24) is 0 Å². The van der Waals surface area contributed by atoms with Crippen molar-refractivity contribution >= 4 is 5.69 Å². The van der Waals surface area contributed by atoms with Crippen LogP contribution in [0.4, 0.5) is 5.69 Å². The molecular weight excluding hydrogens is 196 g/mol. The van der Waals surface area contributed by atoms with Crippen molar-refractivity contribution in [3.63, 3.8) is 0 Å². The highest BCUT2D eigenvalue weighted by molar-refractivity contribution is 5.51. The average Bonchev–Trinajstić information content (AvgIpc) is 2.22. The molecule has 0 aliphatic carbocycles. The SMILES string of the molecule is Cc1cccc(N2CC(N)CCC2(C)C)c1. The first-order valence-corrected chi connectivity index (χ1v) is 6.09. The van der Waals surface area contributed by atoms with E-state index in [1.165, 1.54) is 17.7 Å². The number of piperidine rings is 1. The maximum absolute atomic E-state index is 6.08. The number of hydrogen-bond donors (Lipinski definition) is 1. The van der Waals surface area contributed by atoms with Crippen LogP contribution in [0.1, 0.15) is 32.3 Å². The van der Waals surface area contributed by atoms with Gasteiger partial charge in [-0.25, -0.2) is 0 Å². The Morgan fingerprint density at radius 3 is 2.81 bits per heavy atom. The Morgan fingerprint density at radius 2 is 2.12 bits per heavy atom. The monoisotopic (exact) mass is 218 g/mol. The van der Waals surface area contributed by atoms with Crippen molar-refractivity contribution in [2.75, 3.05) is 11.4 Å². The first-order valence-electron chi connectivity index (χ1n) is 6.09. The molecule has 1 fully saturated rings. The Labute approximate surface area is 98.4 Å². The highest BCUT2D eigenvalue weighted by Crippen LogP contribution is 2.32. The molecule has 1 atom stereocenters. The second-order valence-electron chi connectivity index (χ2n) is 5.56. The van der Waals surface area contributed by atoms with E-state index in [1.54, 1.807) is 0 Å². The Morgan fingerprint density at radius 1 is 1.38 bits per heavy atom. The highest BCUT2D eigenvalue weighted by atomic mass is 15.2. The molecule has 0 aromatic heterocycles. The number of hydrogen-bond acceptors (Lipinski definition) is 2. The zero-order chi connectivity index (χ0) is 11.8. The lowest BCUT2D eigenvalue weighted by atomic mass is 9.87. The van der Waals surface area contributed by atoms with Gasteiger partial charge in [0.25, 0.3) is 0 Å². The maximum atomic E-state index is 6.08. The molecule has 1 aromatic carbocycles. The fraction of sp³-hybridized carbons (Fsp3) is 0.571. The summed E-state index contributed by atoms with van der Waals surface area (Å²) in [5.41, 5.74) is 8.92. The van der Waals surface area contributed by atoms with Crippen LogP contribution in [-0.2, 0) is 0 Å². The van der Waals surface area contributed by atoms with Gasteiger partial charge in [0.1, 0.15) is 0 Å². The third kappa shape index (κ3) is 2.22. The van der Waals surface area contributed by atoms with E-state index < -0.39 is 0 Å². The predicted molar refractivity (Wildman–Crippen MR) is 69.8 cm³/mol. The number of benzene rings is 1. The predicted octanol–water partition coefficient (Wildman–Crippen LogP) is 2.70. The number of nitrogens with two attached hydrogens (primary N) is 1. The summed E-state index contributed by atoms with van der Waals surface area (Å²) in [5.74, 6) is 0. The molecule has 2 nitrogen and oxygen atoms in total. The average molecular weight is 218 g/mol. The molecule has 2 rings (SSSR count). The lowest BCUT2D eigenvalue weighted by molar-refractivity contribution is 0.335. The Bertz CT molecular complexity index is 371. The third-order valence-electron chi connectivity index (χ3n) is 3.59. The second kappa shape index (κ2) is 4.10. The molecule has 0 bridgehead atoms. The minimum Gasteiger partial charge on any atom is -0.365 e. The van der Waals surface area contributed by atoms with Crippen molar-refractivity contribution in [3.8, 4) is 0 Å². The van der Waals surface area contributed by atoms with Gasteiger partial charge in [-0.1, -0.05) is 12.1 Å². The summed E-state index contributed by atoms with van der Waals surface area (Å²) in [7, 11) is 0. The van der Waals surface area contributed by atoms with Crippen LogP contribution in [0.25, 0.3) is 0 Å². The quantitative estimate of drug-likeness (QED) is 0.785. The molecule has 2 heteroatoms. The van der Waals surface area contributed by atoms with Gasteiger partial charge in [-0.3, -0.25) is 0 Å². The van der Waals surface area contributed by atoms with E-state index in [1.807, 2.05) is 0 Å². The number of nitrogens with zero attached hydrogens (tertiary/aromatic N) is 1. The maximum Gasteiger partial charge on any atom is 0.0373 e. The molecule has 0 spiro atoms. The van der Waals surface area contributed by atoms with E-state index in [0.717, 1.165) is 13.0 Å². The molecule has 16 heavy (non-hydrogen) atoms. The van der Waals surface area contributed by atoms with E-state index >= 15 is 0 Å². The second-order valence-corrected chi connectivity index (χ2v) is 5.56. The molecule has 1 aliphatic rings. The Balaban J connectivity index is 2.30.